The van der Waals surface area contributed by atoms with Gasteiger partial charge in [0.15, 0.2) is 11.5 Å². The molecule has 0 bridgehead atoms. The van der Waals surface area contributed by atoms with Crippen molar-refractivity contribution in [1.29, 1.82) is 0 Å². The number of alkyl halides is 2. The van der Waals surface area contributed by atoms with Crippen molar-refractivity contribution in [2.75, 3.05) is 26.8 Å². The molecule has 0 aliphatic heterocycles. The van der Waals surface area contributed by atoms with Gasteiger partial charge in [0.2, 0.25) is 0 Å². The predicted octanol–water partition coefficient (Wildman–Crippen LogP) is 1.77. The maximum absolute atomic E-state index is 12.3. The fraction of sp³-hybridized carbons (Fsp3) is 0.429. The van der Waals surface area contributed by atoms with Gasteiger partial charge in [0.1, 0.15) is 0 Å². The highest BCUT2D eigenvalue weighted by atomic mass is 19.3. The number of ether oxygens (including phenoxy) is 3. The van der Waals surface area contributed by atoms with Crippen LogP contribution < -0.4 is 20.1 Å². The Hall–Kier alpha value is -2.58. The number of carbonyl (C=O) groups excluding carboxylic acids is 2. The van der Waals surface area contributed by atoms with Gasteiger partial charge in [-0.1, -0.05) is 0 Å². The van der Waals surface area contributed by atoms with E-state index in [1.165, 1.54) is 19.2 Å². The summed E-state index contributed by atoms with van der Waals surface area (Å²) >= 11 is 0. The normalized spacial score (nSPS) is 10.1. The molecule has 0 radical (unpaired) electrons. The van der Waals surface area contributed by atoms with E-state index in [0.29, 0.717) is 0 Å². The average molecular weight is 332 g/mol. The summed E-state index contributed by atoms with van der Waals surface area (Å²) in [7, 11) is 1.30. The van der Waals surface area contributed by atoms with Crippen molar-refractivity contribution in [2.45, 2.75) is 13.5 Å². The molecule has 0 heterocycles. The Balaban J connectivity index is 2.57. The van der Waals surface area contributed by atoms with Crippen molar-refractivity contribution >= 4 is 12.0 Å². The van der Waals surface area contributed by atoms with Crippen LogP contribution >= 0.6 is 0 Å². The molecule has 2 amide bonds. The van der Waals surface area contributed by atoms with E-state index in [0.717, 1.165) is 6.07 Å². The van der Waals surface area contributed by atoms with E-state index < -0.39 is 18.6 Å². The maximum Gasteiger partial charge on any atom is 0.407 e. The molecule has 9 heteroatoms. The molecule has 0 saturated carbocycles. The third-order valence-electron chi connectivity index (χ3n) is 2.60. The summed E-state index contributed by atoms with van der Waals surface area (Å²) in [5.74, 6) is -0.650. The van der Waals surface area contributed by atoms with E-state index in [1.807, 2.05) is 0 Å². The van der Waals surface area contributed by atoms with Crippen LogP contribution in [-0.4, -0.2) is 45.4 Å². The fourth-order valence-electron chi connectivity index (χ4n) is 1.63. The van der Waals surface area contributed by atoms with Crippen LogP contribution in [0.1, 0.15) is 17.3 Å². The zero-order valence-corrected chi connectivity index (χ0v) is 12.7. The van der Waals surface area contributed by atoms with Crippen molar-refractivity contribution < 1.29 is 32.6 Å². The lowest BCUT2D eigenvalue weighted by molar-refractivity contribution is -0.0512. The Kier molecular flexibility index (Phi) is 7.58. The number of nitrogens with one attached hydrogen (secondary N) is 2. The SMILES string of the molecule is CCOC(=O)NCCNC(=O)c1ccc(OC)c(OC(F)F)c1. The molecule has 1 aromatic carbocycles. The Bertz CT molecular complexity index is 540. The molecule has 0 unspecified atom stereocenters. The van der Waals surface area contributed by atoms with Gasteiger partial charge in [0.25, 0.3) is 5.91 Å². The summed E-state index contributed by atoms with van der Waals surface area (Å²) in [5, 5.41) is 4.95. The van der Waals surface area contributed by atoms with Gasteiger partial charge in [-0.25, -0.2) is 4.79 Å². The molecule has 0 aliphatic rings. The predicted molar refractivity (Wildman–Crippen MR) is 77.0 cm³/mol. The monoisotopic (exact) mass is 332 g/mol. The van der Waals surface area contributed by atoms with Crippen LogP contribution in [-0.2, 0) is 4.74 Å². The summed E-state index contributed by atoms with van der Waals surface area (Å²) < 4.78 is 38.5. The number of carbonyl (C=O) groups is 2. The number of benzene rings is 1. The standard InChI is InChI=1S/C14H18F2N2O5/c1-3-22-14(20)18-7-6-17-12(19)9-4-5-10(21-2)11(8-9)23-13(15)16/h4-5,8,13H,3,6-7H2,1-2H3,(H,17,19)(H,18,20). The van der Waals surface area contributed by atoms with Crippen molar-refractivity contribution in [1.82, 2.24) is 10.6 Å². The number of hydrogen-bond acceptors (Lipinski definition) is 5. The quantitative estimate of drug-likeness (QED) is 0.709. The molecule has 0 spiro atoms. The van der Waals surface area contributed by atoms with E-state index in [1.54, 1.807) is 6.92 Å². The van der Waals surface area contributed by atoms with Crippen molar-refractivity contribution in [3.63, 3.8) is 0 Å². The minimum absolute atomic E-state index is 0.0887. The van der Waals surface area contributed by atoms with E-state index >= 15 is 0 Å². The van der Waals surface area contributed by atoms with Crippen LogP contribution in [0.3, 0.4) is 0 Å². The number of halogens is 2. The summed E-state index contributed by atoms with van der Waals surface area (Å²) in [6.45, 7) is -0.798. The number of amides is 2. The highest BCUT2D eigenvalue weighted by Crippen LogP contribution is 2.29. The zero-order valence-electron chi connectivity index (χ0n) is 12.7. The highest BCUT2D eigenvalue weighted by molar-refractivity contribution is 5.94. The van der Waals surface area contributed by atoms with Crippen molar-refractivity contribution in [2.24, 2.45) is 0 Å². The fourth-order valence-corrected chi connectivity index (χ4v) is 1.63. The topological polar surface area (TPSA) is 85.9 Å². The zero-order chi connectivity index (χ0) is 17.2. The Labute approximate surface area is 131 Å². The van der Waals surface area contributed by atoms with Gasteiger partial charge >= 0.3 is 12.7 Å². The number of hydrogen-bond donors (Lipinski definition) is 2. The minimum atomic E-state index is -3.03. The molecular formula is C14H18F2N2O5. The third-order valence-corrected chi connectivity index (χ3v) is 2.60. The maximum atomic E-state index is 12.3. The minimum Gasteiger partial charge on any atom is -0.493 e. The lowest BCUT2D eigenvalue weighted by Crippen LogP contribution is -2.35. The van der Waals surface area contributed by atoms with Crippen molar-refractivity contribution in [3.8, 4) is 11.5 Å². The first-order valence-electron chi connectivity index (χ1n) is 6.79. The molecule has 128 valence electrons. The molecule has 0 fully saturated rings. The second-order valence-electron chi connectivity index (χ2n) is 4.15. The van der Waals surface area contributed by atoms with Crippen LogP contribution in [0, 0.1) is 0 Å². The molecule has 0 atom stereocenters. The number of rotatable bonds is 8. The first kappa shape index (κ1) is 18.5. The van der Waals surface area contributed by atoms with Crippen molar-refractivity contribution in [3.05, 3.63) is 23.8 Å². The van der Waals surface area contributed by atoms with Crippen LogP contribution in [0.4, 0.5) is 13.6 Å². The van der Waals surface area contributed by atoms with Crippen LogP contribution in [0.2, 0.25) is 0 Å². The first-order valence-corrected chi connectivity index (χ1v) is 6.79. The molecule has 0 saturated heterocycles. The van der Waals surface area contributed by atoms with Gasteiger partial charge in [-0.05, 0) is 25.1 Å². The first-order chi connectivity index (χ1) is 11.0. The molecule has 23 heavy (non-hydrogen) atoms. The Morgan fingerprint density at radius 2 is 1.87 bits per heavy atom. The van der Waals surface area contributed by atoms with Gasteiger partial charge in [-0.2, -0.15) is 8.78 Å². The van der Waals surface area contributed by atoms with Gasteiger partial charge < -0.3 is 24.8 Å². The number of methoxy groups -OCH3 is 1. The van der Waals surface area contributed by atoms with Crippen LogP contribution in [0.15, 0.2) is 18.2 Å². The van der Waals surface area contributed by atoms with Gasteiger partial charge in [-0.15, -0.1) is 0 Å². The molecule has 0 aliphatic carbocycles. The van der Waals surface area contributed by atoms with E-state index in [4.69, 9.17) is 4.74 Å². The van der Waals surface area contributed by atoms with E-state index in [9.17, 15) is 18.4 Å². The van der Waals surface area contributed by atoms with E-state index in [2.05, 4.69) is 20.1 Å². The summed E-state index contributed by atoms with van der Waals surface area (Å²) in [6.07, 6.45) is -0.584. The Morgan fingerprint density at radius 3 is 2.48 bits per heavy atom. The molecule has 0 aromatic heterocycles. The lowest BCUT2D eigenvalue weighted by atomic mass is 10.2. The Morgan fingerprint density at radius 1 is 1.17 bits per heavy atom. The van der Waals surface area contributed by atoms with Crippen LogP contribution in [0.25, 0.3) is 0 Å². The largest absolute Gasteiger partial charge is 0.493 e. The van der Waals surface area contributed by atoms with Gasteiger partial charge in [0.05, 0.1) is 13.7 Å². The second kappa shape index (κ2) is 9.44. The molecule has 2 N–H and O–H groups in total. The lowest BCUT2D eigenvalue weighted by Gasteiger charge is -2.12. The molecular weight excluding hydrogens is 314 g/mol. The highest BCUT2D eigenvalue weighted by Gasteiger charge is 2.14. The second-order valence-corrected chi connectivity index (χ2v) is 4.15. The smallest absolute Gasteiger partial charge is 0.407 e. The molecule has 7 nitrogen and oxygen atoms in total. The summed E-state index contributed by atoms with van der Waals surface area (Å²) in [6, 6.07) is 3.91. The third kappa shape index (κ3) is 6.37. The van der Waals surface area contributed by atoms with Crippen LogP contribution in [0.5, 0.6) is 11.5 Å². The molecule has 1 aromatic rings. The van der Waals surface area contributed by atoms with E-state index in [-0.39, 0.29) is 36.8 Å². The molecule has 1 rings (SSSR count). The van der Waals surface area contributed by atoms with Gasteiger partial charge in [-0.3, -0.25) is 4.79 Å². The summed E-state index contributed by atoms with van der Waals surface area (Å²) in [5.41, 5.74) is 0.123. The number of alkyl carbamates (subject to hydrolysis) is 1. The summed E-state index contributed by atoms with van der Waals surface area (Å²) in [4.78, 5) is 22.9. The average Bonchev–Trinajstić information content (AvgIpc) is 2.51. The van der Waals surface area contributed by atoms with Gasteiger partial charge in [0, 0.05) is 18.7 Å².